The fourth-order valence-electron chi connectivity index (χ4n) is 3.78. The maximum absolute atomic E-state index is 6.20. The molecule has 0 bridgehead atoms. The highest BCUT2D eigenvalue weighted by molar-refractivity contribution is 9.10. The summed E-state index contributed by atoms with van der Waals surface area (Å²) < 4.78 is 12.8. The van der Waals surface area contributed by atoms with Gasteiger partial charge in [0.2, 0.25) is 0 Å². The number of hydrogen-bond donors (Lipinski definition) is 0. The van der Waals surface area contributed by atoms with E-state index in [2.05, 4.69) is 81.5 Å². The first-order valence-electron chi connectivity index (χ1n) is 9.54. The molecule has 4 rings (SSSR count). The standard InChI is InChI=1S/C24H24BrNO2/c1-27-23-13-12-22(25)24-21(23)14-20(17-28-24)26(15-18-8-4-2-5-9-18)16-19-10-6-3-7-11-19/h2-13,20H,14-17H2,1H3/t20-/m1/s1. The van der Waals surface area contributed by atoms with Crippen molar-refractivity contribution >= 4 is 15.9 Å². The molecule has 1 aliphatic rings. The van der Waals surface area contributed by atoms with Crippen LogP contribution >= 0.6 is 15.9 Å². The molecule has 0 aromatic heterocycles. The van der Waals surface area contributed by atoms with Crippen molar-refractivity contribution < 1.29 is 9.47 Å². The number of benzene rings is 3. The van der Waals surface area contributed by atoms with Crippen LogP contribution in [0.5, 0.6) is 11.5 Å². The maximum atomic E-state index is 6.20. The summed E-state index contributed by atoms with van der Waals surface area (Å²) in [5, 5.41) is 0. The van der Waals surface area contributed by atoms with E-state index in [-0.39, 0.29) is 6.04 Å². The van der Waals surface area contributed by atoms with Crippen molar-refractivity contribution in [2.75, 3.05) is 13.7 Å². The Bertz CT molecular complexity index is 873. The van der Waals surface area contributed by atoms with Crippen LogP contribution in [0.15, 0.2) is 77.3 Å². The van der Waals surface area contributed by atoms with Crippen LogP contribution in [0.2, 0.25) is 0 Å². The van der Waals surface area contributed by atoms with Gasteiger partial charge in [-0.15, -0.1) is 0 Å². The molecule has 0 amide bonds. The van der Waals surface area contributed by atoms with Crippen LogP contribution in [0, 0.1) is 0 Å². The smallest absolute Gasteiger partial charge is 0.140 e. The first kappa shape index (κ1) is 19.0. The Morgan fingerprint density at radius 1 is 0.929 bits per heavy atom. The molecular formula is C24H24BrNO2. The van der Waals surface area contributed by atoms with Crippen LogP contribution in [0.3, 0.4) is 0 Å². The second-order valence-corrected chi connectivity index (χ2v) is 7.96. The number of ether oxygens (including phenoxy) is 2. The number of nitrogens with zero attached hydrogens (tertiary/aromatic N) is 1. The maximum Gasteiger partial charge on any atom is 0.140 e. The normalized spacial score (nSPS) is 15.8. The quantitative estimate of drug-likeness (QED) is 0.510. The van der Waals surface area contributed by atoms with Crippen molar-refractivity contribution in [3.8, 4) is 11.5 Å². The predicted octanol–water partition coefficient (Wildman–Crippen LogP) is 5.46. The third-order valence-corrected chi connectivity index (χ3v) is 5.85. The van der Waals surface area contributed by atoms with Gasteiger partial charge in [-0.05, 0) is 45.6 Å². The lowest BCUT2D eigenvalue weighted by Gasteiger charge is -2.36. The highest BCUT2D eigenvalue weighted by Gasteiger charge is 2.29. The Balaban J connectivity index is 1.62. The highest BCUT2D eigenvalue weighted by atomic mass is 79.9. The van der Waals surface area contributed by atoms with Gasteiger partial charge in [0.05, 0.1) is 11.6 Å². The minimum atomic E-state index is 0.274. The van der Waals surface area contributed by atoms with Gasteiger partial charge >= 0.3 is 0 Å². The molecule has 0 aliphatic carbocycles. The second-order valence-electron chi connectivity index (χ2n) is 7.10. The molecule has 0 radical (unpaired) electrons. The number of methoxy groups -OCH3 is 1. The van der Waals surface area contributed by atoms with Crippen molar-refractivity contribution in [2.24, 2.45) is 0 Å². The summed E-state index contributed by atoms with van der Waals surface area (Å²) in [5.41, 5.74) is 3.76. The van der Waals surface area contributed by atoms with E-state index in [4.69, 9.17) is 9.47 Å². The molecular weight excluding hydrogens is 414 g/mol. The summed E-state index contributed by atoms with van der Waals surface area (Å²) in [5.74, 6) is 1.80. The molecule has 3 aromatic carbocycles. The minimum Gasteiger partial charge on any atom is -0.496 e. The number of halogens is 1. The number of rotatable bonds is 6. The fraction of sp³-hybridized carbons (Fsp3) is 0.250. The van der Waals surface area contributed by atoms with Crippen LogP contribution < -0.4 is 9.47 Å². The van der Waals surface area contributed by atoms with E-state index in [0.29, 0.717) is 6.61 Å². The molecule has 0 saturated heterocycles. The molecule has 0 N–H and O–H groups in total. The Labute approximate surface area is 175 Å². The van der Waals surface area contributed by atoms with E-state index >= 15 is 0 Å². The lowest BCUT2D eigenvalue weighted by Crippen LogP contribution is -2.42. The van der Waals surface area contributed by atoms with Crippen molar-refractivity contribution in [2.45, 2.75) is 25.6 Å². The average Bonchev–Trinajstić information content (AvgIpc) is 2.75. The van der Waals surface area contributed by atoms with Gasteiger partial charge in [0.25, 0.3) is 0 Å². The summed E-state index contributed by atoms with van der Waals surface area (Å²) >= 11 is 3.62. The van der Waals surface area contributed by atoms with Crippen LogP contribution in [0.1, 0.15) is 16.7 Å². The molecule has 1 aliphatic heterocycles. The Hall–Kier alpha value is -2.30. The third kappa shape index (κ3) is 4.23. The van der Waals surface area contributed by atoms with E-state index in [1.165, 1.54) is 11.1 Å². The van der Waals surface area contributed by atoms with Crippen molar-refractivity contribution in [3.05, 3.63) is 94.0 Å². The van der Waals surface area contributed by atoms with Gasteiger partial charge in [-0.2, -0.15) is 0 Å². The Morgan fingerprint density at radius 3 is 2.11 bits per heavy atom. The van der Waals surface area contributed by atoms with Gasteiger partial charge in [-0.3, -0.25) is 4.90 Å². The monoisotopic (exact) mass is 437 g/mol. The average molecular weight is 438 g/mol. The van der Waals surface area contributed by atoms with E-state index in [1.54, 1.807) is 7.11 Å². The summed E-state index contributed by atoms with van der Waals surface area (Å²) in [4.78, 5) is 2.51. The van der Waals surface area contributed by atoms with Gasteiger partial charge in [0.1, 0.15) is 18.1 Å². The first-order valence-corrected chi connectivity index (χ1v) is 10.3. The summed E-state index contributed by atoms with van der Waals surface area (Å²) in [6.45, 7) is 2.43. The first-order chi connectivity index (χ1) is 13.7. The SMILES string of the molecule is COc1ccc(Br)c2c1C[C@@H](N(Cc1ccccc1)Cc1ccccc1)CO2. The lowest BCUT2D eigenvalue weighted by atomic mass is 9.99. The molecule has 28 heavy (non-hydrogen) atoms. The van der Waals surface area contributed by atoms with Crippen molar-refractivity contribution in [3.63, 3.8) is 0 Å². The summed E-state index contributed by atoms with van der Waals surface area (Å²) in [6.07, 6.45) is 0.900. The number of hydrogen-bond acceptors (Lipinski definition) is 3. The molecule has 0 unspecified atom stereocenters. The molecule has 1 atom stereocenters. The van der Waals surface area contributed by atoms with Gasteiger partial charge in [-0.1, -0.05) is 60.7 Å². The van der Waals surface area contributed by atoms with Crippen LogP contribution in [-0.2, 0) is 19.5 Å². The topological polar surface area (TPSA) is 21.7 Å². The van der Waals surface area contributed by atoms with Crippen LogP contribution in [-0.4, -0.2) is 24.7 Å². The number of fused-ring (bicyclic) bond motifs is 1. The fourth-order valence-corrected chi connectivity index (χ4v) is 4.27. The molecule has 0 spiro atoms. The van der Waals surface area contributed by atoms with Crippen LogP contribution in [0.25, 0.3) is 0 Å². The minimum absolute atomic E-state index is 0.274. The predicted molar refractivity (Wildman–Crippen MR) is 116 cm³/mol. The molecule has 1 heterocycles. The largest absolute Gasteiger partial charge is 0.496 e. The molecule has 4 heteroatoms. The van der Waals surface area contributed by atoms with Crippen molar-refractivity contribution in [1.82, 2.24) is 4.90 Å². The van der Waals surface area contributed by atoms with Gasteiger partial charge < -0.3 is 9.47 Å². The zero-order valence-electron chi connectivity index (χ0n) is 16.0. The zero-order chi connectivity index (χ0) is 19.3. The summed E-state index contributed by atoms with van der Waals surface area (Å²) in [6, 6.07) is 25.5. The van der Waals surface area contributed by atoms with Crippen molar-refractivity contribution in [1.29, 1.82) is 0 Å². The molecule has 144 valence electrons. The third-order valence-electron chi connectivity index (χ3n) is 5.22. The van der Waals surface area contributed by atoms with E-state index in [9.17, 15) is 0 Å². The van der Waals surface area contributed by atoms with E-state index < -0.39 is 0 Å². The van der Waals surface area contributed by atoms with Crippen LogP contribution in [0.4, 0.5) is 0 Å². The molecule has 3 nitrogen and oxygen atoms in total. The van der Waals surface area contributed by atoms with Gasteiger partial charge in [0.15, 0.2) is 0 Å². The van der Waals surface area contributed by atoms with E-state index in [1.807, 2.05) is 12.1 Å². The second kappa shape index (κ2) is 8.80. The lowest BCUT2D eigenvalue weighted by molar-refractivity contribution is 0.104. The zero-order valence-corrected chi connectivity index (χ0v) is 17.6. The highest BCUT2D eigenvalue weighted by Crippen LogP contribution is 2.40. The Kier molecular flexibility index (Phi) is 5.98. The molecule has 0 fully saturated rings. The Morgan fingerprint density at radius 2 is 1.54 bits per heavy atom. The molecule has 3 aromatic rings. The van der Waals surface area contributed by atoms with Gasteiger partial charge in [0, 0.05) is 24.7 Å². The van der Waals surface area contributed by atoms with E-state index in [0.717, 1.165) is 41.0 Å². The summed E-state index contributed by atoms with van der Waals surface area (Å²) in [7, 11) is 1.72. The van der Waals surface area contributed by atoms with Gasteiger partial charge in [-0.25, -0.2) is 0 Å². The molecule has 0 saturated carbocycles.